The minimum Gasteiger partial charge on any atom is -0.409 e. The largest absolute Gasteiger partial charge is 0.409 e. The van der Waals surface area contributed by atoms with Gasteiger partial charge in [-0.25, -0.2) is 9.97 Å². The Hall–Kier alpha value is -1.85. The van der Waals surface area contributed by atoms with E-state index in [0.29, 0.717) is 17.6 Å². The number of nitrogens with zero attached hydrogens (tertiary/aromatic N) is 4. The molecule has 0 fully saturated rings. The lowest BCUT2D eigenvalue weighted by atomic mass is 10.1. The number of anilines is 1. The molecule has 0 aliphatic rings. The van der Waals surface area contributed by atoms with E-state index in [-0.39, 0.29) is 5.84 Å². The highest BCUT2D eigenvalue weighted by Crippen LogP contribution is 2.18. The second-order valence-electron chi connectivity index (χ2n) is 3.80. The van der Waals surface area contributed by atoms with Crippen molar-refractivity contribution in [3.05, 3.63) is 18.1 Å². The molecule has 1 aromatic rings. The number of oxime groups is 1. The van der Waals surface area contributed by atoms with Crippen LogP contribution in [0.3, 0.4) is 0 Å². The van der Waals surface area contributed by atoms with Gasteiger partial charge in [0.2, 0.25) is 0 Å². The summed E-state index contributed by atoms with van der Waals surface area (Å²) in [5, 5.41) is 11.7. The molecule has 6 heteroatoms. The first kappa shape index (κ1) is 13.2. The smallest absolute Gasteiger partial charge is 0.192 e. The van der Waals surface area contributed by atoms with E-state index in [1.165, 1.54) is 6.20 Å². The molecule has 0 spiro atoms. The standard InChI is InChI=1S/C11H19N5O/c1-4-8(5-2)16(3)11-9(10(12)15-17)13-6-7-14-11/h6-8,17H,4-5H2,1-3H3,(H2,12,15). The molecular formula is C11H19N5O. The topological polar surface area (TPSA) is 87.6 Å². The summed E-state index contributed by atoms with van der Waals surface area (Å²) in [6, 6.07) is 0.358. The molecule has 0 unspecified atom stereocenters. The summed E-state index contributed by atoms with van der Waals surface area (Å²) in [5.74, 6) is 0.613. The summed E-state index contributed by atoms with van der Waals surface area (Å²) in [7, 11) is 1.94. The molecule has 1 heterocycles. The maximum atomic E-state index is 8.72. The predicted molar refractivity (Wildman–Crippen MR) is 67.3 cm³/mol. The summed E-state index contributed by atoms with van der Waals surface area (Å²) >= 11 is 0. The van der Waals surface area contributed by atoms with E-state index in [2.05, 4.69) is 29.0 Å². The lowest BCUT2D eigenvalue weighted by Gasteiger charge is -2.28. The van der Waals surface area contributed by atoms with Crippen LogP contribution >= 0.6 is 0 Å². The van der Waals surface area contributed by atoms with Crippen molar-refractivity contribution in [2.24, 2.45) is 10.9 Å². The molecule has 0 bridgehead atoms. The molecule has 0 radical (unpaired) electrons. The van der Waals surface area contributed by atoms with Crippen LogP contribution in [0.2, 0.25) is 0 Å². The molecule has 94 valence electrons. The van der Waals surface area contributed by atoms with Crippen molar-refractivity contribution >= 4 is 11.7 Å². The molecular weight excluding hydrogens is 218 g/mol. The van der Waals surface area contributed by atoms with Crippen LogP contribution in [0.4, 0.5) is 5.82 Å². The molecule has 0 saturated carbocycles. The van der Waals surface area contributed by atoms with Crippen LogP contribution in [0.5, 0.6) is 0 Å². The van der Waals surface area contributed by atoms with Crippen molar-refractivity contribution in [3.8, 4) is 0 Å². The maximum Gasteiger partial charge on any atom is 0.192 e. The molecule has 3 N–H and O–H groups in total. The minimum absolute atomic E-state index is 0.0223. The summed E-state index contributed by atoms with van der Waals surface area (Å²) in [6.07, 6.45) is 5.12. The summed E-state index contributed by atoms with van der Waals surface area (Å²) < 4.78 is 0. The first-order valence-electron chi connectivity index (χ1n) is 5.67. The van der Waals surface area contributed by atoms with E-state index in [1.807, 2.05) is 11.9 Å². The molecule has 0 saturated heterocycles. The Balaban J connectivity index is 3.13. The molecule has 6 nitrogen and oxygen atoms in total. The first-order chi connectivity index (χ1) is 8.15. The molecule has 1 aromatic heterocycles. The molecule has 0 aromatic carbocycles. The van der Waals surface area contributed by atoms with Crippen molar-refractivity contribution in [2.45, 2.75) is 32.7 Å². The van der Waals surface area contributed by atoms with E-state index in [0.717, 1.165) is 12.8 Å². The highest BCUT2D eigenvalue weighted by atomic mass is 16.4. The molecule has 1 rings (SSSR count). The number of hydrogen-bond acceptors (Lipinski definition) is 5. The maximum absolute atomic E-state index is 8.72. The highest BCUT2D eigenvalue weighted by molar-refractivity contribution is 5.99. The SMILES string of the molecule is CCC(CC)N(C)c1nccnc1C(N)=NO. The zero-order chi connectivity index (χ0) is 12.8. The predicted octanol–water partition coefficient (Wildman–Crippen LogP) is 1.20. The second kappa shape index (κ2) is 6.03. The quantitative estimate of drug-likeness (QED) is 0.347. The third-order valence-corrected chi connectivity index (χ3v) is 2.85. The van der Waals surface area contributed by atoms with E-state index >= 15 is 0 Å². The van der Waals surface area contributed by atoms with Crippen LogP contribution in [0.15, 0.2) is 17.5 Å². The Labute approximate surface area is 101 Å². The van der Waals surface area contributed by atoms with Gasteiger partial charge in [0.05, 0.1) is 0 Å². The van der Waals surface area contributed by atoms with Gasteiger partial charge in [-0.05, 0) is 12.8 Å². The van der Waals surface area contributed by atoms with Crippen LogP contribution in [-0.2, 0) is 0 Å². The normalized spacial score (nSPS) is 11.9. The lowest BCUT2D eigenvalue weighted by molar-refractivity contribution is 0.318. The summed E-state index contributed by atoms with van der Waals surface area (Å²) in [5.41, 5.74) is 5.99. The molecule has 0 amide bonds. The highest BCUT2D eigenvalue weighted by Gasteiger charge is 2.18. The van der Waals surface area contributed by atoms with E-state index < -0.39 is 0 Å². The average molecular weight is 237 g/mol. The van der Waals surface area contributed by atoms with Gasteiger partial charge in [0, 0.05) is 25.5 Å². The van der Waals surface area contributed by atoms with Crippen molar-refractivity contribution in [1.29, 1.82) is 0 Å². The third kappa shape index (κ3) is 2.83. The van der Waals surface area contributed by atoms with E-state index in [1.54, 1.807) is 6.20 Å². The number of nitrogens with two attached hydrogens (primary N) is 1. The van der Waals surface area contributed by atoms with Crippen molar-refractivity contribution in [3.63, 3.8) is 0 Å². The van der Waals surface area contributed by atoms with Crippen LogP contribution in [0.25, 0.3) is 0 Å². The van der Waals surface area contributed by atoms with Gasteiger partial charge in [-0.1, -0.05) is 19.0 Å². The third-order valence-electron chi connectivity index (χ3n) is 2.85. The van der Waals surface area contributed by atoms with E-state index in [9.17, 15) is 0 Å². The average Bonchev–Trinajstić information content (AvgIpc) is 2.39. The van der Waals surface area contributed by atoms with Gasteiger partial charge in [-0.3, -0.25) is 0 Å². The minimum atomic E-state index is -0.0223. The fourth-order valence-electron chi connectivity index (χ4n) is 1.83. The van der Waals surface area contributed by atoms with Crippen LogP contribution in [-0.4, -0.2) is 34.1 Å². The van der Waals surface area contributed by atoms with Crippen molar-refractivity contribution in [2.75, 3.05) is 11.9 Å². The van der Waals surface area contributed by atoms with Gasteiger partial charge in [0.25, 0.3) is 0 Å². The Morgan fingerprint density at radius 1 is 1.41 bits per heavy atom. The van der Waals surface area contributed by atoms with E-state index in [4.69, 9.17) is 10.9 Å². The molecule has 0 aliphatic carbocycles. The second-order valence-corrected chi connectivity index (χ2v) is 3.80. The van der Waals surface area contributed by atoms with Crippen LogP contribution in [0.1, 0.15) is 32.4 Å². The van der Waals surface area contributed by atoms with Crippen molar-refractivity contribution < 1.29 is 5.21 Å². The van der Waals surface area contributed by atoms with Crippen LogP contribution < -0.4 is 10.6 Å². The van der Waals surface area contributed by atoms with Crippen LogP contribution in [0, 0.1) is 0 Å². The van der Waals surface area contributed by atoms with Gasteiger partial charge in [-0.15, -0.1) is 0 Å². The van der Waals surface area contributed by atoms with Crippen molar-refractivity contribution in [1.82, 2.24) is 9.97 Å². The molecule has 0 aliphatic heterocycles. The van der Waals surface area contributed by atoms with Gasteiger partial charge >= 0.3 is 0 Å². The molecule has 0 atom stereocenters. The Morgan fingerprint density at radius 2 is 2.00 bits per heavy atom. The fraction of sp³-hybridized carbons (Fsp3) is 0.545. The Bertz CT molecular complexity index is 389. The van der Waals surface area contributed by atoms with Gasteiger partial charge in [-0.2, -0.15) is 0 Å². The fourth-order valence-corrected chi connectivity index (χ4v) is 1.83. The Kier molecular flexibility index (Phi) is 4.68. The monoisotopic (exact) mass is 237 g/mol. The number of rotatable bonds is 5. The number of hydrogen-bond donors (Lipinski definition) is 2. The number of amidine groups is 1. The van der Waals surface area contributed by atoms with Gasteiger partial charge in [0.15, 0.2) is 17.3 Å². The first-order valence-corrected chi connectivity index (χ1v) is 5.67. The van der Waals surface area contributed by atoms with Gasteiger partial charge < -0.3 is 15.8 Å². The zero-order valence-electron chi connectivity index (χ0n) is 10.5. The lowest BCUT2D eigenvalue weighted by Crippen LogP contribution is -2.33. The summed E-state index contributed by atoms with van der Waals surface area (Å²) in [6.45, 7) is 4.23. The van der Waals surface area contributed by atoms with Gasteiger partial charge in [0.1, 0.15) is 0 Å². The molecule has 17 heavy (non-hydrogen) atoms. The Morgan fingerprint density at radius 3 is 2.53 bits per heavy atom. The zero-order valence-corrected chi connectivity index (χ0v) is 10.5. The summed E-state index contributed by atoms with van der Waals surface area (Å²) in [4.78, 5) is 10.4. The number of aromatic nitrogens is 2.